The van der Waals surface area contributed by atoms with Crippen LogP contribution in [-0.4, -0.2) is 64.4 Å². The number of benzene rings is 2. The van der Waals surface area contributed by atoms with Crippen molar-refractivity contribution < 1.29 is 17.9 Å². The SMILES string of the molecule is COc1ccc(N2CCCN(C(=O)[C@H](C)N=C3NS(=O)(=O)c4ccccc43)CC2)cc1. The van der Waals surface area contributed by atoms with E-state index in [2.05, 4.69) is 14.6 Å². The Morgan fingerprint density at radius 2 is 1.81 bits per heavy atom. The zero-order valence-corrected chi connectivity index (χ0v) is 18.4. The number of carbonyl (C=O) groups excluding carboxylic acids is 1. The van der Waals surface area contributed by atoms with Crippen molar-refractivity contribution in [2.45, 2.75) is 24.3 Å². The maximum Gasteiger partial charge on any atom is 0.263 e. The molecule has 1 atom stereocenters. The van der Waals surface area contributed by atoms with E-state index in [-0.39, 0.29) is 16.6 Å². The number of ether oxygens (including phenoxy) is 1. The van der Waals surface area contributed by atoms with E-state index < -0.39 is 16.1 Å². The van der Waals surface area contributed by atoms with Gasteiger partial charge in [-0.1, -0.05) is 12.1 Å². The molecule has 0 saturated carbocycles. The third-order valence-electron chi connectivity index (χ3n) is 5.59. The van der Waals surface area contributed by atoms with E-state index >= 15 is 0 Å². The Labute approximate surface area is 182 Å². The lowest BCUT2D eigenvalue weighted by Gasteiger charge is -2.25. The van der Waals surface area contributed by atoms with Crippen molar-refractivity contribution in [2.75, 3.05) is 38.2 Å². The van der Waals surface area contributed by atoms with Crippen molar-refractivity contribution in [2.24, 2.45) is 4.99 Å². The van der Waals surface area contributed by atoms with Gasteiger partial charge in [0, 0.05) is 37.4 Å². The minimum atomic E-state index is -3.62. The van der Waals surface area contributed by atoms with Gasteiger partial charge in [0.1, 0.15) is 17.6 Å². The van der Waals surface area contributed by atoms with Crippen LogP contribution in [0.4, 0.5) is 5.69 Å². The summed E-state index contributed by atoms with van der Waals surface area (Å²) in [5.74, 6) is 0.936. The smallest absolute Gasteiger partial charge is 0.263 e. The lowest BCUT2D eigenvalue weighted by atomic mass is 10.2. The molecule has 0 aromatic heterocycles. The van der Waals surface area contributed by atoms with Gasteiger partial charge in [-0.05, 0) is 49.7 Å². The summed E-state index contributed by atoms with van der Waals surface area (Å²) in [5.41, 5.74) is 1.60. The highest BCUT2D eigenvalue weighted by atomic mass is 32.2. The van der Waals surface area contributed by atoms with E-state index in [0.717, 1.165) is 30.9 Å². The summed E-state index contributed by atoms with van der Waals surface area (Å²) in [6, 6.07) is 13.9. The molecule has 2 aliphatic heterocycles. The van der Waals surface area contributed by atoms with E-state index in [9.17, 15) is 13.2 Å². The van der Waals surface area contributed by atoms with Gasteiger partial charge in [0.05, 0.1) is 12.0 Å². The summed E-state index contributed by atoms with van der Waals surface area (Å²) >= 11 is 0. The highest BCUT2D eigenvalue weighted by Gasteiger charge is 2.32. The molecule has 1 saturated heterocycles. The van der Waals surface area contributed by atoms with Crippen LogP contribution in [0.5, 0.6) is 5.75 Å². The Balaban J connectivity index is 1.44. The van der Waals surface area contributed by atoms with E-state index in [0.29, 0.717) is 18.7 Å². The molecule has 0 bridgehead atoms. The lowest BCUT2D eigenvalue weighted by molar-refractivity contribution is -0.131. The van der Waals surface area contributed by atoms with Crippen molar-refractivity contribution in [1.82, 2.24) is 9.62 Å². The molecule has 8 nitrogen and oxygen atoms in total. The fraction of sp³-hybridized carbons (Fsp3) is 0.364. The minimum Gasteiger partial charge on any atom is -0.497 e. The van der Waals surface area contributed by atoms with Gasteiger partial charge in [-0.3, -0.25) is 14.5 Å². The van der Waals surface area contributed by atoms with Gasteiger partial charge >= 0.3 is 0 Å². The summed E-state index contributed by atoms with van der Waals surface area (Å²) in [6.45, 7) is 4.51. The number of hydrogen-bond acceptors (Lipinski definition) is 6. The number of anilines is 1. The Kier molecular flexibility index (Phi) is 5.86. The molecule has 2 aromatic rings. The normalized spacial score (nSPS) is 20.0. The van der Waals surface area contributed by atoms with Crippen LogP contribution < -0.4 is 14.4 Å². The maximum absolute atomic E-state index is 13.0. The predicted molar refractivity (Wildman–Crippen MR) is 119 cm³/mol. The Hall–Kier alpha value is -3.07. The van der Waals surface area contributed by atoms with Gasteiger partial charge in [-0.2, -0.15) is 0 Å². The molecule has 2 aromatic carbocycles. The zero-order chi connectivity index (χ0) is 22.0. The number of sulfonamides is 1. The maximum atomic E-state index is 13.0. The summed E-state index contributed by atoms with van der Waals surface area (Å²) in [6.07, 6.45) is 0.844. The molecule has 4 rings (SSSR count). The summed E-state index contributed by atoms with van der Waals surface area (Å²) < 4.78 is 32.2. The molecule has 2 heterocycles. The Morgan fingerprint density at radius 3 is 2.55 bits per heavy atom. The van der Waals surface area contributed by atoms with Crippen molar-refractivity contribution in [1.29, 1.82) is 0 Å². The third kappa shape index (κ3) is 4.36. The first-order valence-corrected chi connectivity index (χ1v) is 11.7. The number of hydrogen-bond donors (Lipinski definition) is 1. The molecule has 31 heavy (non-hydrogen) atoms. The monoisotopic (exact) mass is 442 g/mol. The average molecular weight is 443 g/mol. The Bertz CT molecular complexity index is 1100. The fourth-order valence-electron chi connectivity index (χ4n) is 3.93. The quantitative estimate of drug-likeness (QED) is 0.781. The molecule has 0 spiro atoms. The van der Waals surface area contributed by atoms with Gasteiger partial charge in [-0.15, -0.1) is 0 Å². The molecular weight excluding hydrogens is 416 g/mol. The summed E-state index contributed by atoms with van der Waals surface area (Å²) in [7, 11) is -1.98. The second kappa shape index (κ2) is 8.58. The Morgan fingerprint density at radius 1 is 1.06 bits per heavy atom. The van der Waals surface area contributed by atoms with Crippen molar-refractivity contribution in [3.8, 4) is 5.75 Å². The molecule has 2 aliphatic rings. The topological polar surface area (TPSA) is 91.3 Å². The first-order valence-electron chi connectivity index (χ1n) is 10.3. The van der Waals surface area contributed by atoms with E-state index in [1.807, 2.05) is 29.2 Å². The standard InChI is InChI=1S/C22H26N4O4S/c1-16(23-21-19-6-3-4-7-20(19)31(28,29)24-21)22(27)26-13-5-12-25(14-15-26)17-8-10-18(30-2)11-9-17/h3-4,6-11,16H,5,12-15H2,1-2H3,(H,23,24)/t16-/m0/s1. The number of aliphatic imine (C=N–C) groups is 1. The highest BCUT2D eigenvalue weighted by molar-refractivity contribution is 7.90. The first-order chi connectivity index (χ1) is 14.9. The highest BCUT2D eigenvalue weighted by Crippen LogP contribution is 2.23. The van der Waals surface area contributed by atoms with E-state index in [1.165, 1.54) is 6.07 Å². The van der Waals surface area contributed by atoms with Crippen LogP contribution in [0.25, 0.3) is 0 Å². The van der Waals surface area contributed by atoms with Gasteiger partial charge in [-0.25, -0.2) is 8.42 Å². The van der Waals surface area contributed by atoms with Crippen LogP contribution >= 0.6 is 0 Å². The average Bonchev–Trinajstić information content (AvgIpc) is 2.93. The molecule has 9 heteroatoms. The summed E-state index contributed by atoms with van der Waals surface area (Å²) in [4.78, 5) is 21.7. The van der Waals surface area contributed by atoms with E-state index in [1.54, 1.807) is 32.2 Å². The number of fused-ring (bicyclic) bond motifs is 1. The van der Waals surface area contributed by atoms with Gasteiger partial charge in [0.25, 0.3) is 10.0 Å². The number of amides is 1. The third-order valence-corrected chi connectivity index (χ3v) is 6.99. The van der Waals surface area contributed by atoms with Crippen molar-refractivity contribution in [3.05, 3.63) is 54.1 Å². The van der Waals surface area contributed by atoms with E-state index in [4.69, 9.17) is 4.74 Å². The molecule has 0 radical (unpaired) electrons. The second-order valence-corrected chi connectivity index (χ2v) is 9.27. The molecule has 164 valence electrons. The zero-order valence-electron chi connectivity index (χ0n) is 17.6. The van der Waals surface area contributed by atoms with Crippen LogP contribution in [0, 0.1) is 0 Å². The van der Waals surface area contributed by atoms with Crippen molar-refractivity contribution in [3.63, 3.8) is 0 Å². The molecular formula is C22H26N4O4S. The number of nitrogens with zero attached hydrogens (tertiary/aromatic N) is 3. The minimum absolute atomic E-state index is 0.104. The van der Waals surface area contributed by atoms with Crippen molar-refractivity contribution >= 4 is 27.5 Å². The van der Waals surface area contributed by atoms with Gasteiger partial charge in [0.15, 0.2) is 0 Å². The van der Waals surface area contributed by atoms with Gasteiger partial charge in [0.2, 0.25) is 5.91 Å². The van der Waals surface area contributed by atoms with Crippen LogP contribution in [0.1, 0.15) is 18.9 Å². The fourth-order valence-corrected chi connectivity index (χ4v) is 5.17. The predicted octanol–water partition coefficient (Wildman–Crippen LogP) is 1.86. The number of amidine groups is 1. The number of rotatable bonds is 4. The summed E-state index contributed by atoms with van der Waals surface area (Å²) in [5, 5.41) is 0. The molecule has 0 unspecified atom stereocenters. The largest absolute Gasteiger partial charge is 0.497 e. The number of carbonyl (C=O) groups is 1. The number of methoxy groups -OCH3 is 1. The first kappa shape index (κ1) is 21.2. The lowest BCUT2D eigenvalue weighted by Crippen LogP contribution is -2.40. The molecule has 1 amide bonds. The number of nitrogens with one attached hydrogen (secondary N) is 1. The van der Waals surface area contributed by atoms with Crippen LogP contribution in [0.3, 0.4) is 0 Å². The van der Waals surface area contributed by atoms with Crippen LogP contribution in [0.15, 0.2) is 58.4 Å². The molecule has 0 aliphatic carbocycles. The second-order valence-electron chi connectivity index (χ2n) is 7.62. The molecule has 1 fully saturated rings. The molecule has 1 N–H and O–H groups in total. The van der Waals surface area contributed by atoms with Gasteiger partial charge < -0.3 is 14.5 Å². The van der Waals surface area contributed by atoms with Crippen LogP contribution in [0.2, 0.25) is 0 Å². The van der Waals surface area contributed by atoms with Crippen LogP contribution in [-0.2, 0) is 14.8 Å².